The summed E-state index contributed by atoms with van der Waals surface area (Å²) in [6.45, 7) is 8.83. The summed E-state index contributed by atoms with van der Waals surface area (Å²) in [6.07, 6.45) is 3.55. The third kappa shape index (κ3) is 8.61. The van der Waals surface area contributed by atoms with Crippen LogP contribution in [0.5, 0.6) is 0 Å². The number of carbonyl (C=O) groups is 1. The molecule has 0 bridgehead atoms. The van der Waals surface area contributed by atoms with Gasteiger partial charge in [-0.2, -0.15) is 0 Å². The normalized spacial score (nSPS) is 13.8. The Labute approximate surface area is 191 Å². The van der Waals surface area contributed by atoms with Crippen LogP contribution < -0.4 is 0 Å². The number of halogens is 1. The van der Waals surface area contributed by atoms with E-state index in [9.17, 15) is 4.79 Å². The molecule has 0 unspecified atom stereocenters. The fourth-order valence-corrected chi connectivity index (χ4v) is 4.13. The first-order valence-corrected chi connectivity index (χ1v) is 12.0. The number of hydrogen-bond donors (Lipinski definition) is 0. The van der Waals surface area contributed by atoms with Gasteiger partial charge in [0.15, 0.2) is 0 Å². The fraction of sp³-hybridized carbons (Fsp3) is 0.500. The summed E-state index contributed by atoms with van der Waals surface area (Å²) in [6, 6.07) is 21.4. The molecule has 0 amide bonds. The molecule has 0 heterocycles. The van der Waals surface area contributed by atoms with E-state index in [2.05, 4.69) is 76.3 Å². The molecule has 3 nitrogen and oxygen atoms in total. The Morgan fingerprint density at radius 2 is 1.60 bits per heavy atom. The molecule has 164 valence electrons. The molecule has 0 aliphatic rings. The van der Waals surface area contributed by atoms with Gasteiger partial charge in [0, 0.05) is 24.0 Å². The predicted octanol–water partition coefficient (Wildman–Crippen LogP) is 6.92. The summed E-state index contributed by atoms with van der Waals surface area (Å²) < 4.78 is 5.69. The number of unbranched alkanes of at least 4 members (excludes halogenated alkanes) is 1. The molecule has 0 aliphatic carbocycles. The Bertz CT molecular complexity index is 743. The van der Waals surface area contributed by atoms with Crippen LogP contribution in [0.4, 0.5) is 0 Å². The number of esters is 1. The van der Waals surface area contributed by atoms with Crippen molar-refractivity contribution in [3.8, 4) is 0 Å². The van der Waals surface area contributed by atoms with Gasteiger partial charge in [-0.1, -0.05) is 83.0 Å². The second-order valence-corrected chi connectivity index (χ2v) is 9.67. The lowest BCUT2D eigenvalue weighted by Gasteiger charge is -2.37. The summed E-state index contributed by atoms with van der Waals surface area (Å²) in [5.74, 6) is -0.121. The van der Waals surface area contributed by atoms with Crippen LogP contribution in [-0.4, -0.2) is 27.8 Å². The van der Waals surface area contributed by atoms with Gasteiger partial charge in [-0.15, -0.1) is 0 Å². The molecule has 4 heteroatoms. The van der Waals surface area contributed by atoms with Crippen molar-refractivity contribution in [2.24, 2.45) is 0 Å². The molecular weight excluding hydrogens is 438 g/mol. The number of carbonyl (C=O) groups excluding carboxylic acids is 1. The van der Waals surface area contributed by atoms with Crippen molar-refractivity contribution in [2.45, 2.75) is 77.6 Å². The van der Waals surface area contributed by atoms with Crippen molar-refractivity contribution in [2.75, 3.05) is 5.33 Å². The van der Waals surface area contributed by atoms with Crippen molar-refractivity contribution < 1.29 is 9.53 Å². The summed E-state index contributed by atoms with van der Waals surface area (Å²) in [5, 5.41) is 0.985. The third-order valence-corrected chi connectivity index (χ3v) is 5.76. The highest BCUT2D eigenvalue weighted by atomic mass is 79.9. The molecule has 0 aliphatic heterocycles. The highest BCUT2D eigenvalue weighted by Crippen LogP contribution is 2.29. The van der Waals surface area contributed by atoms with Gasteiger partial charge >= 0.3 is 5.97 Å². The van der Waals surface area contributed by atoms with Crippen LogP contribution in [0.25, 0.3) is 0 Å². The SMILES string of the molecule is C[C@H](c1ccccc1)N(Cc1ccccc1)[C@H](CCCCBr)CC(=O)OC(C)(C)C. The molecule has 2 aromatic rings. The summed E-state index contributed by atoms with van der Waals surface area (Å²) >= 11 is 3.54. The van der Waals surface area contributed by atoms with Crippen LogP contribution in [0.1, 0.15) is 70.5 Å². The minimum Gasteiger partial charge on any atom is -0.460 e. The van der Waals surface area contributed by atoms with Gasteiger partial charge in [0.25, 0.3) is 0 Å². The second-order valence-electron chi connectivity index (χ2n) is 8.87. The zero-order valence-corrected chi connectivity index (χ0v) is 20.4. The van der Waals surface area contributed by atoms with Crippen molar-refractivity contribution in [3.05, 3.63) is 71.8 Å². The molecule has 0 fully saturated rings. The van der Waals surface area contributed by atoms with Crippen LogP contribution in [0.2, 0.25) is 0 Å². The van der Waals surface area contributed by atoms with E-state index in [1.54, 1.807) is 0 Å². The molecule has 0 radical (unpaired) electrons. The van der Waals surface area contributed by atoms with Crippen molar-refractivity contribution in [1.29, 1.82) is 0 Å². The Balaban J connectivity index is 2.30. The molecule has 2 rings (SSSR count). The quantitative estimate of drug-likeness (QED) is 0.201. The van der Waals surface area contributed by atoms with Crippen LogP contribution in [0.15, 0.2) is 60.7 Å². The number of benzene rings is 2. The second kappa shape index (κ2) is 12.3. The van der Waals surface area contributed by atoms with Gasteiger partial charge < -0.3 is 4.74 Å². The molecular formula is C26H36BrNO2. The zero-order valence-electron chi connectivity index (χ0n) is 18.8. The van der Waals surface area contributed by atoms with Crippen LogP contribution in [-0.2, 0) is 16.1 Å². The van der Waals surface area contributed by atoms with E-state index in [1.807, 2.05) is 32.9 Å². The first-order valence-electron chi connectivity index (χ1n) is 10.9. The summed E-state index contributed by atoms with van der Waals surface area (Å²) in [7, 11) is 0. The largest absolute Gasteiger partial charge is 0.460 e. The van der Waals surface area contributed by atoms with Crippen molar-refractivity contribution >= 4 is 21.9 Å². The minimum absolute atomic E-state index is 0.120. The molecule has 2 atom stereocenters. The Morgan fingerprint density at radius 1 is 1.00 bits per heavy atom. The number of rotatable bonds is 11. The number of alkyl halides is 1. The average Bonchev–Trinajstić information content (AvgIpc) is 2.71. The van der Waals surface area contributed by atoms with E-state index >= 15 is 0 Å². The molecule has 0 N–H and O–H groups in total. The van der Waals surface area contributed by atoms with Gasteiger partial charge in [-0.3, -0.25) is 9.69 Å². The van der Waals surface area contributed by atoms with E-state index in [0.29, 0.717) is 6.42 Å². The zero-order chi connectivity index (χ0) is 22.0. The van der Waals surface area contributed by atoms with E-state index in [-0.39, 0.29) is 18.1 Å². The van der Waals surface area contributed by atoms with E-state index in [1.165, 1.54) is 11.1 Å². The topological polar surface area (TPSA) is 29.5 Å². The maximum absolute atomic E-state index is 12.8. The van der Waals surface area contributed by atoms with Crippen LogP contribution >= 0.6 is 15.9 Å². The summed E-state index contributed by atoms with van der Waals surface area (Å²) in [4.78, 5) is 15.2. The van der Waals surface area contributed by atoms with Gasteiger partial charge in [-0.05, 0) is 51.7 Å². The van der Waals surface area contributed by atoms with Crippen LogP contribution in [0, 0.1) is 0 Å². The highest BCUT2D eigenvalue weighted by molar-refractivity contribution is 9.09. The van der Waals surface area contributed by atoms with Gasteiger partial charge in [0.2, 0.25) is 0 Å². The van der Waals surface area contributed by atoms with E-state index in [4.69, 9.17) is 4.74 Å². The monoisotopic (exact) mass is 473 g/mol. The fourth-order valence-electron chi connectivity index (χ4n) is 3.73. The maximum Gasteiger partial charge on any atom is 0.307 e. The van der Waals surface area contributed by atoms with Gasteiger partial charge in [-0.25, -0.2) is 0 Å². The van der Waals surface area contributed by atoms with E-state index in [0.717, 1.165) is 31.1 Å². The minimum atomic E-state index is -0.465. The van der Waals surface area contributed by atoms with Gasteiger partial charge in [0.05, 0.1) is 6.42 Å². The Kier molecular flexibility index (Phi) is 10.1. The molecule has 0 saturated heterocycles. The third-order valence-electron chi connectivity index (χ3n) is 5.20. The molecule has 0 spiro atoms. The number of nitrogens with zero attached hydrogens (tertiary/aromatic N) is 1. The lowest BCUT2D eigenvalue weighted by molar-refractivity contribution is -0.156. The molecule has 2 aromatic carbocycles. The van der Waals surface area contributed by atoms with E-state index < -0.39 is 5.60 Å². The van der Waals surface area contributed by atoms with Crippen LogP contribution in [0.3, 0.4) is 0 Å². The van der Waals surface area contributed by atoms with Crippen molar-refractivity contribution in [1.82, 2.24) is 4.90 Å². The molecule has 30 heavy (non-hydrogen) atoms. The Hall–Kier alpha value is -1.65. The maximum atomic E-state index is 12.8. The smallest absolute Gasteiger partial charge is 0.307 e. The van der Waals surface area contributed by atoms with Crippen molar-refractivity contribution in [3.63, 3.8) is 0 Å². The molecule has 0 aromatic heterocycles. The van der Waals surface area contributed by atoms with Gasteiger partial charge in [0.1, 0.15) is 5.60 Å². The highest BCUT2D eigenvalue weighted by Gasteiger charge is 2.28. The predicted molar refractivity (Wildman–Crippen MR) is 129 cm³/mol. The number of ether oxygens (including phenoxy) is 1. The lowest BCUT2D eigenvalue weighted by atomic mass is 9.98. The Morgan fingerprint density at radius 3 is 2.17 bits per heavy atom. The molecule has 0 saturated carbocycles. The number of hydrogen-bond acceptors (Lipinski definition) is 3. The average molecular weight is 474 g/mol. The summed E-state index contributed by atoms with van der Waals surface area (Å²) in [5.41, 5.74) is 2.06. The first-order chi connectivity index (χ1) is 14.3. The lowest BCUT2D eigenvalue weighted by Crippen LogP contribution is -2.39. The standard InChI is InChI=1S/C26H36BrNO2/c1-21(23-15-9-6-10-16-23)28(20-22-13-7-5-8-14-22)24(17-11-12-18-27)19-25(29)30-26(2,3)4/h5-10,13-16,21,24H,11-12,17-20H2,1-4H3/t21-,24-/m1/s1. The first kappa shape index (κ1) is 24.6.